The highest BCUT2D eigenvalue weighted by Crippen LogP contribution is 2.37. The van der Waals surface area contributed by atoms with Crippen molar-refractivity contribution in [3.8, 4) is 11.5 Å². The minimum absolute atomic E-state index is 0.0904. The van der Waals surface area contributed by atoms with Gasteiger partial charge >= 0.3 is 12.0 Å². The summed E-state index contributed by atoms with van der Waals surface area (Å²) in [4.78, 5) is 50.5. The second-order valence-corrected chi connectivity index (χ2v) is 7.84. The Morgan fingerprint density at radius 3 is 2.35 bits per heavy atom. The fourth-order valence-corrected chi connectivity index (χ4v) is 3.68. The van der Waals surface area contributed by atoms with Gasteiger partial charge < -0.3 is 14.2 Å². The predicted molar refractivity (Wildman–Crippen MR) is 125 cm³/mol. The summed E-state index contributed by atoms with van der Waals surface area (Å²) in [5, 5.41) is 2.28. The van der Waals surface area contributed by atoms with Crippen LogP contribution in [0.4, 0.5) is 10.5 Å². The summed E-state index contributed by atoms with van der Waals surface area (Å²) in [7, 11) is 1.23. The van der Waals surface area contributed by atoms with Crippen molar-refractivity contribution in [1.29, 1.82) is 0 Å². The van der Waals surface area contributed by atoms with E-state index in [9.17, 15) is 19.2 Å². The molecular formula is C24H23ClN2O7. The summed E-state index contributed by atoms with van der Waals surface area (Å²) in [5.41, 5.74) is 2.15. The summed E-state index contributed by atoms with van der Waals surface area (Å²) in [6.45, 7) is 5.30. The first-order valence-corrected chi connectivity index (χ1v) is 10.7. The van der Waals surface area contributed by atoms with Gasteiger partial charge in [0.15, 0.2) is 18.1 Å². The molecule has 0 aromatic heterocycles. The van der Waals surface area contributed by atoms with Crippen LogP contribution in [0.3, 0.4) is 0 Å². The van der Waals surface area contributed by atoms with Crippen molar-refractivity contribution in [2.45, 2.75) is 20.8 Å². The number of carbonyl (C=O) groups is 4. The number of benzene rings is 2. The van der Waals surface area contributed by atoms with E-state index in [1.807, 2.05) is 19.9 Å². The van der Waals surface area contributed by atoms with E-state index < -0.39 is 23.8 Å². The Morgan fingerprint density at radius 2 is 1.74 bits per heavy atom. The second-order valence-electron chi connectivity index (χ2n) is 7.43. The number of halogens is 1. The summed E-state index contributed by atoms with van der Waals surface area (Å²) in [5.74, 6) is -1.90. The zero-order chi connectivity index (χ0) is 25.0. The number of amides is 4. The van der Waals surface area contributed by atoms with Gasteiger partial charge in [-0.3, -0.25) is 14.9 Å². The molecule has 0 radical (unpaired) electrons. The van der Waals surface area contributed by atoms with E-state index in [0.29, 0.717) is 11.3 Å². The summed E-state index contributed by atoms with van der Waals surface area (Å²) >= 11 is 6.33. The van der Waals surface area contributed by atoms with Crippen LogP contribution >= 0.6 is 11.6 Å². The third-order valence-corrected chi connectivity index (χ3v) is 5.05. The molecular weight excluding hydrogens is 464 g/mol. The van der Waals surface area contributed by atoms with Crippen molar-refractivity contribution in [3.05, 3.63) is 57.6 Å². The number of carbonyl (C=O) groups excluding carboxylic acids is 4. The van der Waals surface area contributed by atoms with Crippen molar-refractivity contribution >= 4 is 47.2 Å². The van der Waals surface area contributed by atoms with Crippen LogP contribution in [0.1, 0.15) is 23.6 Å². The van der Waals surface area contributed by atoms with Crippen LogP contribution in [0.15, 0.2) is 35.9 Å². The third kappa shape index (κ3) is 5.37. The van der Waals surface area contributed by atoms with E-state index in [4.69, 9.17) is 21.1 Å². The molecule has 1 aliphatic rings. The number of hydrogen-bond acceptors (Lipinski definition) is 7. The topological polar surface area (TPSA) is 111 Å². The molecule has 9 nitrogen and oxygen atoms in total. The summed E-state index contributed by atoms with van der Waals surface area (Å²) in [6.07, 6.45) is 1.30. The highest BCUT2D eigenvalue weighted by Gasteiger charge is 2.37. The molecule has 4 amide bonds. The lowest BCUT2D eigenvalue weighted by Gasteiger charge is -2.27. The molecule has 10 heteroatoms. The standard InChI is InChI=1S/C24H23ClN2O7/c1-5-33-19-11-15(10-18(25)21(19)34-12-20(28)32-4)9-17-22(29)26-24(31)27(23(17)30)16-7-13(2)6-14(3)8-16/h6-11H,5,12H2,1-4H3,(H,26,29,31)/b17-9+. The normalized spacial score (nSPS) is 14.8. The van der Waals surface area contributed by atoms with Gasteiger partial charge in [0.05, 0.1) is 24.4 Å². The van der Waals surface area contributed by atoms with Crippen LogP contribution in [0.25, 0.3) is 6.08 Å². The van der Waals surface area contributed by atoms with Crippen molar-refractivity contribution in [1.82, 2.24) is 5.32 Å². The summed E-state index contributed by atoms with van der Waals surface area (Å²) < 4.78 is 15.5. The Morgan fingerprint density at radius 1 is 1.06 bits per heavy atom. The van der Waals surface area contributed by atoms with Gasteiger partial charge in [0.1, 0.15) is 5.57 Å². The lowest BCUT2D eigenvalue weighted by Crippen LogP contribution is -2.54. The maximum absolute atomic E-state index is 13.2. The van der Waals surface area contributed by atoms with Gasteiger partial charge in [-0.2, -0.15) is 0 Å². The number of urea groups is 1. The molecule has 1 N–H and O–H groups in total. The van der Waals surface area contributed by atoms with Gasteiger partial charge in [-0.25, -0.2) is 14.5 Å². The van der Waals surface area contributed by atoms with Crippen LogP contribution in [0.2, 0.25) is 5.02 Å². The Hall–Kier alpha value is -3.85. The van der Waals surface area contributed by atoms with Gasteiger partial charge in [-0.05, 0) is 67.8 Å². The zero-order valence-electron chi connectivity index (χ0n) is 19.1. The number of rotatable bonds is 7. The SMILES string of the molecule is CCOc1cc(/C=C2\C(=O)NC(=O)N(c3cc(C)cc(C)c3)C2=O)cc(Cl)c1OCC(=O)OC. The Bertz CT molecular complexity index is 1190. The van der Waals surface area contributed by atoms with E-state index in [0.717, 1.165) is 16.0 Å². The largest absolute Gasteiger partial charge is 0.490 e. The van der Waals surface area contributed by atoms with Crippen molar-refractivity contribution in [2.75, 3.05) is 25.2 Å². The van der Waals surface area contributed by atoms with E-state index in [1.54, 1.807) is 19.1 Å². The number of ether oxygens (including phenoxy) is 3. The molecule has 2 aromatic rings. The molecule has 0 bridgehead atoms. The van der Waals surface area contributed by atoms with Crippen molar-refractivity contribution in [3.63, 3.8) is 0 Å². The highest BCUT2D eigenvalue weighted by molar-refractivity contribution is 6.39. The third-order valence-electron chi connectivity index (χ3n) is 4.77. The number of methoxy groups -OCH3 is 1. The Kier molecular flexibility index (Phi) is 7.57. The number of nitrogens with zero attached hydrogens (tertiary/aromatic N) is 1. The van der Waals surface area contributed by atoms with E-state index in [-0.39, 0.29) is 35.3 Å². The Balaban J connectivity index is 2.01. The number of anilines is 1. The minimum atomic E-state index is -0.837. The lowest BCUT2D eigenvalue weighted by molar-refractivity contribution is -0.143. The number of imide groups is 2. The van der Waals surface area contributed by atoms with E-state index in [2.05, 4.69) is 10.1 Å². The van der Waals surface area contributed by atoms with E-state index >= 15 is 0 Å². The minimum Gasteiger partial charge on any atom is -0.490 e. The maximum Gasteiger partial charge on any atom is 0.343 e. The number of hydrogen-bond donors (Lipinski definition) is 1. The van der Waals surface area contributed by atoms with Gasteiger partial charge in [0.2, 0.25) is 0 Å². The molecule has 34 heavy (non-hydrogen) atoms. The molecule has 0 spiro atoms. The van der Waals surface area contributed by atoms with Crippen LogP contribution < -0.4 is 19.7 Å². The van der Waals surface area contributed by atoms with Crippen LogP contribution in [0, 0.1) is 13.8 Å². The monoisotopic (exact) mass is 486 g/mol. The van der Waals surface area contributed by atoms with E-state index in [1.165, 1.54) is 25.3 Å². The molecule has 1 fully saturated rings. The first-order valence-electron chi connectivity index (χ1n) is 10.3. The lowest BCUT2D eigenvalue weighted by atomic mass is 10.0. The molecule has 1 heterocycles. The van der Waals surface area contributed by atoms with Crippen LogP contribution in [-0.2, 0) is 19.1 Å². The van der Waals surface area contributed by atoms with Gasteiger partial charge in [0, 0.05) is 0 Å². The fraction of sp³-hybridized carbons (Fsp3) is 0.250. The number of nitrogens with one attached hydrogen (secondary N) is 1. The first kappa shape index (κ1) is 24.8. The smallest absolute Gasteiger partial charge is 0.343 e. The zero-order valence-corrected chi connectivity index (χ0v) is 19.8. The predicted octanol–water partition coefficient (Wildman–Crippen LogP) is 3.57. The summed E-state index contributed by atoms with van der Waals surface area (Å²) in [6, 6.07) is 7.37. The van der Waals surface area contributed by atoms with Gasteiger partial charge in [0.25, 0.3) is 11.8 Å². The van der Waals surface area contributed by atoms with Crippen molar-refractivity contribution in [2.24, 2.45) is 0 Å². The number of barbiturate groups is 1. The highest BCUT2D eigenvalue weighted by atomic mass is 35.5. The molecule has 0 aliphatic carbocycles. The number of aryl methyl sites for hydroxylation is 2. The average Bonchev–Trinajstić information content (AvgIpc) is 2.75. The van der Waals surface area contributed by atoms with Gasteiger partial charge in [-0.1, -0.05) is 17.7 Å². The van der Waals surface area contributed by atoms with Gasteiger partial charge in [-0.15, -0.1) is 0 Å². The number of esters is 1. The molecule has 0 atom stereocenters. The quantitative estimate of drug-likeness (QED) is 0.361. The first-order chi connectivity index (χ1) is 16.1. The average molecular weight is 487 g/mol. The molecule has 3 rings (SSSR count). The van der Waals surface area contributed by atoms with Crippen molar-refractivity contribution < 1.29 is 33.4 Å². The molecule has 1 saturated heterocycles. The fourth-order valence-electron chi connectivity index (χ4n) is 3.40. The Labute approximate surface area is 201 Å². The maximum atomic E-state index is 13.2. The van der Waals surface area contributed by atoms with Crippen LogP contribution in [0.5, 0.6) is 11.5 Å². The molecule has 178 valence electrons. The van der Waals surface area contributed by atoms with Crippen LogP contribution in [-0.4, -0.2) is 44.1 Å². The molecule has 2 aromatic carbocycles. The molecule has 0 unspecified atom stereocenters. The molecule has 0 saturated carbocycles. The molecule has 1 aliphatic heterocycles. The second kappa shape index (κ2) is 10.4.